The summed E-state index contributed by atoms with van der Waals surface area (Å²) in [6.45, 7) is 3.95. The molecule has 0 saturated heterocycles. The van der Waals surface area contributed by atoms with Crippen molar-refractivity contribution in [3.63, 3.8) is 0 Å². The molecule has 0 aliphatic heterocycles. The standard InChI is InChI=1S/C33H28F2N4O3S3/c1-3-42-32(40)28-18-43-33(37-28)39-29(16-20-5-6-20)25(14-21-7-13-30(45(36)41)27(35)15-21)31(38-39)23-9-12-26(34)22(17-23)8-11-24-10-4-19(2)44-24/h4,7,9-10,12-13,15,17-18,20H,3,5-6,14,16H2,1-2H3,(H2,36,41)/p+1. The fourth-order valence-electron chi connectivity index (χ4n) is 4.97. The van der Waals surface area contributed by atoms with Crippen LogP contribution in [0.2, 0.25) is 0 Å². The number of carbonyl (C=O) groups excluding carboxylic acids is 1. The highest BCUT2D eigenvalue weighted by molar-refractivity contribution is 7.82. The van der Waals surface area contributed by atoms with Gasteiger partial charge in [-0.2, -0.15) is 5.10 Å². The second-order valence-corrected chi connectivity index (χ2v) is 14.0. The first-order valence-electron chi connectivity index (χ1n) is 14.3. The third-order valence-electron chi connectivity index (χ3n) is 7.36. The molecule has 1 aliphatic rings. The smallest absolute Gasteiger partial charge is 0.357 e. The van der Waals surface area contributed by atoms with Crippen molar-refractivity contribution < 1.29 is 22.5 Å². The minimum absolute atomic E-state index is 0.0418. The summed E-state index contributed by atoms with van der Waals surface area (Å²) in [5.41, 5.74) is 3.94. The molecule has 12 heteroatoms. The van der Waals surface area contributed by atoms with Crippen molar-refractivity contribution in [1.82, 2.24) is 14.8 Å². The number of nitrogens with two attached hydrogens (primary N) is 1. The molecule has 7 nitrogen and oxygen atoms in total. The number of aromatic nitrogens is 3. The largest absolute Gasteiger partial charge is 0.461 e. The van der Waals surface area contributed by atoms with E-state index in [0.717, 1.165) is 33.9 Å². The molecular formula is C33H29F2N4O3S3+. The third-order valence-corrected chi connectivity index (χ3v) is 9.93. The summed E-state index contributed by atoms with van der Waals surface area (Å²) < 4.78 is 48.6. The van der Waals surface area contributed by atoms with E-state index in [-0.39, 0.29) is 22.8 Å². The van der Waals surface area contributed by atoms with Gasteiger partial charge in [-0.25, -0.2) is 23.2 Å². The third kappa shape index (κ3) is 6.97. The number of carbonyl (C=O) groups is 1. The van der Waals surface area contributed by atoms with E-state index < -0.39 is 28.6 Å². The molecule has 3 aromatic heterocycles. The van der Waals surface area contributed by atoms with E-state index in [2.05, 4.69) is 16.8 Å². The Morgan fingerprint density at radius 1 is 1.13 bits per heavy atom. The van der Waals surface area contributed by atoms with Gasteiger partial charge in [0.15, 0.2) is 22.5 Å². The van der Waals surface area contributed by atoms with Crippen molar-refractivity contribution in [2.75, 3.05) is 6.61 Å². The van der Waals surface area contributed by atoms with Gasteiger partial charge in [-0.1, -0.05) is 22.1 Å². The lowest BCUT2D eigenvalue weighted by Gasteiger charge is -2.09. The van der Waals surface area contributed by atoms with E-state index in [1.54, 1.807) is 35.2 Å². The topological polar surface area (TPSA) is 100 Å². The number of rotatable bonds is 9. The first-order valence-corrected chi connectivity index (χ1v) is 17.3. The summed E-state index contributed by atoms with van der Waals surface area (Å²) in [4.78, 5) is 18.9. The summed E-state index contributed by atoms with van der Waals surface area (Å²) in [6, 6.07) is 13.1. The molecule has 1 fully saturated rings. The van der Waals surface area contributed by atoms with Crippen molar-refractivity contribution in [3.05, 3.63) is 103 Å². The SMILES string of the molecule is CCOC(=O)c1csc(-n2nc(-c3ccc(F)c(C#Cc4ccc(C)s4)c3)c(Cc3ccc([SH+](N)=O)c(F)c3)c2CC2CC2)n1. The predicted molar refractivity (Wildman–Crippen MR) is 173 cm³/mol. The number of esters is 1. The molecule has 0 spiro atoms. The van der Waals surface area contributed by atoms with Crippen LogP contribution >= 0.6 is 22.7 Å². The Kier molecular flexibility index (Phi) is 9.05. The normalized spacial score (nSPS) is 13.4. The molecule has 230 valence electrons. The van der Waals surface area contributed by atoms with E-state index in [9.17, 15) is 13.4 Å². The zero-order valence-electron chi connectivity index (χ0n) is 24.5. The molecule has 1 unspecified atom stereocenters. The van der Waals surface area contributed by atoms with Crippen molar-refractivity contribution in [2.45, 2.75) is 44.4 Å². The van der Waals surface area contributed by atoms with Crippen molar-refractivity contribution >= 4 is 39.6 Å². The van der Waals surface area contributed by atoms with E-state index in [4.69, 9.17) is 15.0 Å². The van der Waals surface area contributed by atoms with Crippen LogP contribution in [-0.4, -0.2) is 27.3 Å². The molecule has 1 saturated carbocycles. The summed E-state index contributed by atoms with van der Waals surface area (Å²) in [5, 5.41) is 12.6. The lowest BCUT2D eigenvalue weighted by Crippen LogP contribution is -2.08. The molecule has 0 bridgehead atoms. The number of hydrogen-bond acceptors (Lipinski definition) is 7. The zero-order chi connectivity index (χ0) is 31.7. The van der Waals surface area contributed by atoms with Gasteiger partial charge in [0.05, 0.1) is 28.4 Å². The van der Waals surface area contributed by atoms with Gasteiger partial charge in [0.25, 0.3) is 0 Å². The fraction of sp³-hybridized carbons (Fsp3) is 0.242. The molecule has 0 radical (unpaired) electrons. The number of thiophene rings is 1. The van der Waals surface area contributed by atoms with E-state index in [1.165, 1.54) is 40.9 Å². The van der Waals surface area contributed by atoms with Crippen molar-refractivity contribution in [1.29, 1.82) is 0 Å². The van der Waals surface area contributed by atoms with Crippen LogP contribution in [0.4, 0.5) is 8.78 Å². The van der Waals surface area contributed by atoms with Gasteiger partial charge in [-0.05, 0) is 87.1 Å². The summed E-state index contributed by atoms with van der Waals surface area (Å²) in [7, 11) is -2.33. The average Bonchev–Trinajstić information content (AvgIpc) is 3.35. The van der Waals surface area contributed by atoms with E-state index in [1.807, 2.05) is 19.1 Å². The monoisotopic (exact) mass is 663 g/mol. The molecule has 3 heterocycles. The molecule has 1 atom stereocenters. The zero-order valence-corrected chi connectivity index (χ0v) is 27.0. The number of nitrogens with zero attached hydrogens (tertiary/aromatic N) is 3. The van der Waals surface area contributed by atoms with Crippen LogP contribution in [0.1, 0.15) is 62.4 Å². The number of aryl methyl sites for hydroxylation is 1. The molecular weight excluding hydrogens is 635 g/mol. The molecule has 45 heavy (non-hydrogen) atoms. The highest BCUT2D eigenvalue weighted by atomic mass is 32.2. The summed E-state index contributed by atoms with van der Waals surface area (Å²) in [5.74, 6) is 4.85. The van der Waals surface area contributed by atoms with Crippen LogP contribution in [0.25, 0.3) is 16.4 Å². The summed E-state index contributed by atoms with van der Waals surface area (Å²) >= 11 is 2.80. The van der Waals surface area contributed by atoms with Gasteiger partial charge in [-0.15, -0.1) is 27.8 Å². The highest BCUT2D eigenvalue weighted by Gasteiger charge is 2.30. The lowest BCUT2D eigenvalue weighted by atomic mass is 9.96. The van der Waals surface area contributed by atoms with Crippen LogP contribution < -0.4 is 5.14 Å². The fourth-order valence-corrected chi connectivity index (χ4v) is 6.95. The maximum atomic E-state index is 15.0. The molecule has 6 rings (SSSR count). The first-order chi connectivity index (χ1) is 21.7. The average molecular weight is 664 g/mol. The minimum Gasteiger partial charge on any atom is -0.461 e. The number of thiazole rings is 1. The molecule has 0 amide bonds. The van der Waals surface area contributed by atoms with Gasteiger partial charge in [0.1, 0.15) is 5.82 Å². The first kappa shape index (κ1) is 31.0. The Labute approximate surface area is 269 Å². The van der Waals surface area contributed by atoms with Gasteiger partial charge in [0, 0.05) is 27.8 Å². The Morgan fingerprint density at radius 3 is 2.64 bits per heavy atom. The number of benzene rings is 2. The van der Waals surface area contributed by atoms with Gasteiger partial charge >= 0.3 is 5.97 Å². The Balaban J connectivity index is 1.49. The molecule has 2 aromatic carbocycles. The second-order valence-electron chi connectivity index (χ2n) is 10.7. The second kappa shape index (κ2) is 13.1. The molecule has 5 aromatic rings. The maximum Gasteiger partial charge on any atom is 0.357 e. The molecule has 2 N–H and O–H groups in total. The van der Waals surface area contributed by atoms with Crippen LogP contribution in [0.5, 0.6) is 0 Å². The maximum absolute atomic E-state index is 15.0. The Morgan fingerprint density at radius 2 is 1.96 bits per heavy atom. The van der Waals surface area contributed by atoms with Gasteiger partial charge in [-0.3, -0.25) is 0 Å². The number of thiol groups is 1. The van der Waals surface area contributed by atoms with Gasteiger partial charge in [0.2, 0.25) is 10.0 Å². The van der Waals surface area contributed by atoms with Crippen molar-refractivity contribution in [2.24, 2.45) is 11.1 Å². The number of ether oxygens (including phenoxy) is 1. The predicted octanol–water partition coefficient (Wildman–Crippen LogP) is 6.69. The lowest BCUT2D eigenvalue weighted by molar-refractivity contribution is 0.0520. The van der Waals surface area contributed by atoms with E-state index >= 15 is 4.39 Å². The number of hydrogen-bond donors (Lipinski definition) is 1. The quantitative estimate of drug-likeness (QED) is 0.0820. The Hall–Kier alpha value is -4.02. The van der Waals surface area contributed by atoms with Crippen molar-refractivity contribution in [3.8, 4) is 28.2 Å². The van der Waals surface area contributed by atoms with Crippen LogP contribution in [0.15, 0.2) is 58.8 Å². The van der Waals surface area contributed by atoms with Crippen LogP contribution in [-0.2, 0) is 32.8 Å². The van der Waals surface area contributed by atoms with Crippen LogP contribution in [0, 0.1) is 36.3 Å². The Bertz CT molecular complexity index is 2000. The molecule has 1 aliphatic carbocycles. The summed E-state index contributed by atoms with van der Waals surface area (Å²) in [6.07, 6.45) is 3.12. The minimum atomic E-state index is -2.33. The van der Waals surface area contributed by atoms with Gasteiger partial charge < -0.3 is 4.74 Å². The number of halogens is 2. The van der Waals surface area contributed by atoms with Crippen LogP contribution in [0.3, 0.4) is 0 Å². The highest BCUT2D eigenvalue weighted by Crippen LogP contribution is 2.38. The van der Waals surface area contributed by atoms with E-state index in [0.29, 0.717) is 40.7 Å².